The number of imidazole rings is 1. The van der Waals surface area contributed by atoms with Gasteiger partial charge in [-0.2, -0.15) is 4.80 Å². The molecule has 1 fully saturated rings. The molecule has 1 aliphatic rings. The van der Waals surface area contributed by atoms with Crippen LogP contribution in [0.2, 0.25) is 0 Å². The maximum absolute atomic E-state index is 5.78. The Morgan fingerprint density at radius 3 is 3.04 bits per heavy atom. The van der Waals surface area contributed by atoms with E-state index < -0.39 is 0 Å². The molecule has 3 heterocycles. The third-order valence-electron chi connectivity index (χ3n) is 4.15. The van der Waals surface area contributed by atoms with Crippen molar-refractivity contribution in [3.63, 3.8) is 0 Å². The van der Waals surface area contributed by atoms with Crippen LogP contribution in [-0.4, -0.2) is 60.9 Å². The minimum Gasteiger partial charge on any atom is -0.367 e. The molecule has 1 aliphatic heterocycles. The summed E-state index contributed by atoms with van der Waals surface area (Å²) in [5, 5.41) is 12.2. The number of tetrazole rings is 1. The molecule has 0 N–H and O–H groups in total. The van der Waals surface area contributed by atoms with E-state index in [1.54, 1.807) is 7.05 Å². The molecular weight excluding hydrogens is 294 g/mol. The van der Waals surface area contributed by atoms with Gasteiger partial charge in [0.1, 0.15) is 6.10 Å². The number of hydrogen-bond acceptors (Lipinski definition) is 6. The third kappa shape index (κ3) is 2.95. The number of morpholine rings is 1. The Balaban J connectivity index is 1.41. The van der Waals surface area contributed by atoms with Crippen molar-refractivity contribution in [1.82, 2.24) is 34.7 Å². The van der Waals surface area contributed by atoms with Crippen molar-refractivity contribution >= 4 is 11.0 Å². The van der Waals surface area contributed by atoms with E-state index in [0.29, 0.717) is 12.4 Å². The fourth-order valence-corrected chi connectivity index (χ4v) is 2.93. The number of para-hydroxylation sites is 2. The Morgan fingerprint density at radius 1 is 1.26 bits per heavy atom. The van der Waals surface area contributed by atoms with Gasteiger partial charge in [-0.25, -0.2) is 4.98 Å². The average Bonchev–Trinajstić information content (AvgIpc) is 3.20. The number of benzene rings is 1. The van der Waals surface area contributed by atoms with Gasteiger partial charge in [-0.05, 0) is 17.3 Å². The highest BCUT2D eigenvalue weighted by Crippen LogP contribution is 2.18. The summed E-state index contributed by atoms with van der Waals surface area (Å²) in [4.78, 5) is 8.28. The second kappa shape index (κ2) is 6.05. The number of aryl methyl sites for hydroxylation is 1. The van der Waals surface area contributed by atoms with Gasteiger partial charge in [0.05, 0.1) is 31.0 Å². The number of nitrogens with zero attached hydrogens (tertiary/aromatic N) is 7. The third-order valence-corrected chi connectivity index (χ3v) is 4.15. The number of fused-ring (bicyclic) bond motifs is 1. The molecule has 0 bridgehead atoms. The van der Waals surface area contributed by atoms with Crippen LogP contribution >= 0.6 is 0 Å². The number of ether oxygens (including phenoxy) is 1. The van der Waals surface area contributed by atoms with Gasteiger partial charge in [0, 0.05) is 26.2 Å². The minimum atomic E-state index is -0.100. The summed E-state index contributed by atoms with van der Waals surface area (Å²) in [5.74, 6) is 0.658. The van der Waals surface area contributed by atoms with E-state index in [2.05, 4.69) is 35.9 Å². The zero-order valence-corrected chi connectivity index (χ0v) is 13.0. The smallest absolute Gasteiger partial charge is 0.204 e. The normalized spacial score (nSPS) is 19.4. The quantitative estimate of drug-likeness (QED) is 0.703. The molecule has 1 unspecified atom stereocenters. The molecule has 120 valence electrons. The Labute approximate surface area is 133 Å². The van der Waals surface area contributed by atoms with Gasteiger partial charge < -0.3 is 9.30 Å². The molecule has 4 rings (SSSR count). The summed E-state index contributed by atoms with van der Waals surface area (Å²) in [6, 6.07) is 8.20. The Bertz CT molecular complexity index is 796. The minimum absolute atomic E-state index is 0.100. The van der Waals surface area contributed by atoms with Crippen molar-refractivity contribution in [3.8, 4) is 0 Å². The molecule has 0 saturated carbocycles. The fraction of sp³-hybridized carbons (Fsp3) is 0.467. The highest BCUT2D eigenvalue weighted by molar-refractivity contribution is 5.74. The summed E-state index contributed by atoms with van der Waals surface area (Å²) in [6.45, 7) is 4.25. The summed E-state index contributed by atoms with van der Waals surface area (Å²) < 4.78 is 7.97. The Morgan fingerprint density at radius 2 is 2.17 bits per heavy atom. The van der Waals surface area contributed by atoms with Gasteiger partial charge in [0.15, 0.2) is 0 Å². The average molecular weight is 313 g/mol. The van der Waals surface area contributed by atoms with E-state index in [1.165, 1.54) is 10.3 Å². The van der Waals surface area contributed by atoms with E-state index in [9.17, 15) is 0 Å². The van der Waals surface area contributed by atoms with Gasteiger partial charge in [-0.1, -0.05) is 12.1 Å². The molecule has 3 aromatic rings. The largest absolute Gasteiger partial charge is 0.367 e. The first-order chi connectivity index (χ1) is 11.3. The van der Waals surface area contributed by atoms with E-state index in [4.69, 9.17) is 4.74 Å². The Hall–Kier alpha value is -2.32. The maximum atomic E-state index is 5.78. The van der Waals surface area contributed by atoms with Crippen molar-refractivity contribution in [2.24, 2.45) is 7.05 Å². The van der Waals surface area contributed by atoms with Crippen LogP contribution < -0.4 is 0 Å². The summed E-state index contributed by atoms with van der Waals surface area (Å²) >= 11 is 0. The van der Waals surface area contributed by atoms with Crippen LogP contribution in [0.3, 0.4) is 0 Å². The molecule has 2 aromatic heterocycles. The number of rotatable bonds is 4. The molecule has 1 saturated heterocycles. The van der Waals surface area contributed by atoms with Gasteiger partial charge in [0.2, 0.25) is 5.82 Å². The van der Waals surface area contributed by atoms with Crippen LogP contribution in [0, 0.1) is 0 Å². The first kappa shape index (κ1) is 14.3. The zero-order chi connectivity index (χ0) is 15.6. The lowest BCUT2D eigenvalue weighted by molar-refractivity contribution is -0.0352. The van der Waals surface area contributed by atoms with Crippen molar-refractivity contribution < 1.29 is 4.74 Å². The molecule has 0 aliphatic carbocycles. The standard InChI is InChI=1S/C15H19N7O/c1-20-18-15(17-19-20)14-10-21(8-9-23-14)6-7-22-11-16-12-4-2-3-5-13(12)22/h2-5,11,14H,6-10H2,1H3. The van der Waals surface area contributed by atoms with Gasteiger partial charge in [-0.15, -0.1) is 10.2 Å². The van der Waals surface area contributed by atoms with E-state index >= 15 is 0 Å². The lowest BCUT2D eigenvalue weighted by atomic mass is 10.2. The highest BCUT2D eigenvalue weighted by Gasteiger charge is 2.25. The molecule has 0 radical (unpaired) electrons. The zero-order valence-electron chi connectivity index (χ0n) is 13.0. The number of aromatic nitrogens is 6. The molecule has 8 nitrogen and oxygen atoms in total. The van der Waals surface area contributed by atoms with Gasteiger partial charge in [0.25, 0.3) is 0 Å². The van der Waals surface area contributed by atoms with E-state index in [0.717, 1.165) is 31.7 Å². The molecule has 23 heavy (non-hydrogen) atoms. The topological polar surface area (TPSA) is 73.9 Å². The molecule has 0 amide bonds. The predicted molar refractivity (Wildman–Crippen MR) is 83.7 cm³/mol. The van der Waals surface area contributed by atoms with E-state index in [1.807, 2.05) is 24.5 Å². The first-order valence-electron chi connectivity index (χ1n) is 7.77. The molecule has 1 atom stereocenters. The van der Waals surface area contributed by atoms with Crippen molar-refractivity contribution in [1.29, 1.82) is 0 Å². The molecule has 0 spiro atoms. The van der Waals surface area contributed by atoms with Crippen molar-refractivity contribution in [3.05, 3.63) is 36.4 Å². The first-order valence-corrected chi connectivity index (χ1v) is 7.77. The fourth-order valence-electron chi connectivity index (χ4n) is 2.93. The van der Waals surface area contributed by atoms with Crippen molar-refractivity contribution in [2.45, 2.75) is 12.6 Å². The SMILES string of the molecule is Cn1nnc(C2CN(CCn3cnc4ccccc43)CCO2)n1. The summed E-state index contributed by atoms with van der Waals surface area (Å²) in [5.41, 5.74) is 2.21. The lowest BCUT2D eigenvalue weighted by Gasteiger charge is -2.31. The number of hydrogen-bond donors (Lipinski definition) is 0. The van der Waals surface area contributed by atoms with E-state index in [-0.39, 0.29) is 6.10 Å². The predicted octanol–water partition coefficient (Wildman–Crippen LogP) is 0.633. The molecule has 8 heteroatoms. The second-order valence-electron chi connectivity index (χ2n) is 5.72. The van der Waals surface area contributed by atoms with Crippen LogP contribution in [-0.2, 0) is 18.3 Å². The Kier molecular flexibility index (Phi) is 3.76. The van der Waals surface area contributed by atoms with Crippen LogP contribution in [0.15, 0.2) is 30.6 Å². The van der Waals surface area contributed by atoms with Crippen LogP contribution in [0.4, 0.5) is 0 Å². The lowest BCUT2D eigenvalue weighted by Crippen LogP contribution is -2.40. The van der Waals surface area contributed by atoms with Gasteiger partial charge >= 0.3 is 0 Å². The van der Waals surface area contributed by atoms with Crippen molar-refractivity contribution in [2.75, 3.05) is 26.2 Å². The summed E-state index contributed by atoms with van der Waals surface area (Å²) in [7, 11) is 1.77. The van der Waals surface area contributed by atoms with Crippen LogP contribution in [0.25, 0.3) is 11.0 Å². The highest BCUT2D eigenvalue weighted by atomic mass is 16.5. The van der Waals surface area contributed by atoms with Crippen LogP contribution in [0.5, 0.6) is 0 Å². The second-order valence-corrected chi connectivity index (χ2v) is 5.72. The molecular formula is C15H19N7O. The maximum Gasteiger partial charge on any atom is 0.204 e. The summed E-state index contributed by atoms with van der Waals surface area (Å²) in [6.07, 6.45) is 1.81. The molecule has 1 aromatic carbocycles. The monoisotopic (exact) mass is 313 g/mol. The van der Waals surface area contributed by atoms with Gasteiger partial charge in [-0.3, -0.25) is 4.90 Å². The van der Waals surface area contributed by atoms with Crippen LogP contribution in [0.1, 0.15) is 11.9 Å².